The lowest BCUT2D eigenvalue weighted by atomic mass is 9.89. The maximum atomic E-state index is 10.7. The normalized spacial score (nSPS) is 11.8. The highest BCUT2D eigenvalue weighted by Gasteiger charge is 2.23. The van der Waals surface area contributed by atoms with Crippen LogP contribution in [0, 0.1) is 6.92 Å². The van der Waals surface area contributed by atoms with E-state index in [0.29, 0.717) is 0 Å². The van der Waals surface area contributed by atoms with E-state index >= 15 is 0 Å². The van der Waals surface area contributed by atoms with Crippen molar-refractivity contribution in [1.82, 2.24) is 9.78 Å². The summed E-state index contributed by atoms with van der Waals surface area (Å²) >= 11 is 0. The summed E-state index contributed by atoms with van der Waals surface area (Å²) < 4.78 is 1.67. The molecule has 0 aliphatic carbocycles. The second kappa shape index (κ2) is 3.68. The first-order chi connectivity index (χ1) is 6.73. The molecular weight excluding hydrogens is 192 g/mol. The van der Waals surface area contributed by atoms with Crippen molar-refractivity contribution < 1.29 is 9.90 Å². The molecule has 0 spiro atoms. The Balaban J connectivity index is 3.21. The first-order valence-electron chi connectivity index (χ1n) is 4.98. The Bertz CT molecular complexity index is 386. The molecule has 1 N–H and O–H groups in total. The second-order valence-electron chi connectivity index (χ2n) is 4.86. The number of rotatable bonds is 2. The Morgan fingerprint density at radius 2 is 2.00 bits per heavy atom. The van der Waals surface area contributed by atoms with Crippen molar-refractivity contribution in [3.05, 3.63) is 17.0 Å². The van der Waals surface area contributed by atoms with Crippen LogP contribution in [0.4, 0.5) is 0 Å². The molecule has 0 unspecified atom stereocenters. The van der Waals surface area contributed by atoms with Crippen LogP contribution in [0.15, 0.2) is 0 Å². The molecule has 0 aromatic carbocycles. The highest BCUT2D eigenvalue weighted by atomic mass is 16.4. The van der Waals surface area contributed by atoms with Gasteiger partial charge in [0.25, 0.3) is 0 Å². The van der Waals surface area contributed by atoms with Crippen LogP contribution in [0.25, 0.3) is 0 Å². The molecule has 1 rings (SSSR count). The van der Waals surface area contributed by atoms with Crippen LogP contribution < -0.4 is 0 Å². The van der Waals surface area contributed by atoms with E-state index < -0.39 is 5.97 Å². The van der Waals surface area contributed by atoms with Gasteiger partial charge in [-0.3, -0.25) is 9.48 Å². The van der Waals surface area contributed by atoms with Crippen molar-refractivity contribution >= 4 is 5.97 Å². The summed E-state index contributed by atoms with van der Waals surface area (Å²) in [6, 6.07) is 0. The van der Waals surface area contributed by atoms with E-state index in [9.17, 15) is 4.79 Å². The minimum absolute atomic E-state index is 0.0331. The first kappa shape index (κ1) is 11.8. The molecule has 0 atom stereocenters. The Hall–Kier alpha value is -1.32. The summed E-state index contributed by atoms with van der Waals surface area (Å²) in [7, 11) is 1.79. The van der Waals surface area contributed by atoms with Crippen LogP contribution >= 0.6 is 0 Å². The zero-order valence-corrected chi connectivity index (χ0v) is 9.96. The minimum Gasteiger partial charge on any atom is -0.481 e. The number of hydrogen-bond donors (Lipinski definition) is 1. The van der Waals surface area contributed by atoms with E-state index in [1.807, 2.05) is 6.92 Å². The van der Waals surface area contributed by atoms with Crippen LogP contribution in [-0.4, -0.2) is 20.9 Å². The van der Waals surface area contributed by atoms with Crippen molar-refractivity contribution in [3.8, 4) is 0 Å². The van der Waals surface area contributed by atoms with Gasteiger partial charge in [-0.15, -0.1) is 0 Å². The summed E-state index contributed by atoms with van der Waals surface area (Å²) in [5, 5.41) is 13.2. The standard InChI is InChI=1S/C11H18N2O2/c1-7-8(6-9(14)15)13(5)12-10(7)11(2,3)4/h6H2,1-5H3,(H,14,15). The Kier molecular flexibility index (Phi) is 2.88. The number of carboxylic acid groups (broad SMARTS) is 1. The molecule has 0 saturated carbocycles. The molecule has 0 aliphatic rings. The average molecular weight is 210 g/mol. The number of aryl methyl sites for hydroxylation is 1. The van der Waals surface area contributed by atoms with Crippen molar-refractivity contribution in [2.24, 2.45) is 7.05 Å². The number of aliphatic carboxylic acids is 1. The third kappa shape index (κ3) is 2.37. The minimum atomic E-state index is -0.818. The molecule has 1 heterocycles. The molecule has 1 aromatic heterocycles. The fourth-order valence-electron chi connectivity index (χ4n) is 1.77. The van der Waals surface area contributed by atoms with Crippen molar-refractivity contribution in [2.45, 2.75) is 39.5 Å². The third-order valence-corrected chi connectivity index (χ3v) is 2.46. The summed E-state index contributed by atoms with van der Waals surface area (Å²) in [6.45, 7) is 8.17. The Morgan fingerprint density at radius 3 is 2.33 bits per heavy atom. The predicted molar refractivity (Wildman–Crippen MR) is 58.0 cm³/mol. The highest BCUT2D eigenvalue weighted by Crippen LogP contribution is 2.26. The van der Waals surface area contributed by atoms with Gasteiger partial charge in [-0.1, -0.05) is 20.8 Å². The van der Waals surface area contributed by atoms with Gasteiger partial charge in [-0.2, -0.15) is 5.10 Å². The molecule has 84 valence electrons. The third-order valence-electron chi connectivity index (χ3n) is 2.46. The van der Waals surface area contributed by atoms with Gasteiger partial charge >= 0.3 is 5.97 Å². The van der Waals surface area contributed by atoms with Crippen LogP contribution in [0.5, 0.6) is 0 Å². The maximum Gasteiger partial charge on any atom is 0.309 e. The smallest absolute Gasteiger partial charge is 0.309 e. The van der Waals surface area contributed by atoms with E-state index in [-0.39, 0.29) is 11.8 Å². The largest absolute Gasteiger partial charge is 0.481 e. The van der Waals surface area contributed by atoms with E-state index in [0.717, 1.165) is 17.0 Å². The number of nitrogens with zero attached hydrogens (tertiary/aromatic N) is 2. The van der Waals surface area contributed by atoms with Crippen LogP contribution in [-0.2, 0) is 23.7 Å². The Morgan fingerprint density at radius 1 is 1.47 bits per heavy atom. The number of carbonyl (C=O) groups is 1. The fraction of sp³-hybridized carbons (Fsp3) is 0.636. The van der Waals surface area contributed by atoms with Crippen LogP contribution in [0.3, 0.4) is 0 Å². The lowest BCUT2D eigenvalue weighted by molar-refractivity contribution is -0.136. The van der Waals surface area contributed by atoms with Gasteiger partial charge in [0.1, 0.15) is 0 Å². The van der Waals surface area contributed by atoms with Gasteiger partial charge in [0, 0.05) is 12.5 Å². The highest BCUT2D eigenvalue weighted by molar-refractivity contribution is 5.70. The van der Waals surface area contributed by atoms with Gasteiger partial charge in [-0.05, 0) is 12.5 Å². The van der Waals surface area contributed by atoms with Crippen molar-refractivity contribution in [2.75, 3.05) is 0 Å². The summed E-state index contributed by atoms with van der Waals surface area (Å²) in [5.74, 6) is -0.818. The molecule has 4 nitrogen and oxygen atoms in total. The van der Waals surface area contributed by atoms with Gasteiger partial charge in [0.15, 0.2) is 0 Å². The molecule has 0 fully saturated rings. The maximum absolute atomic E-state index is 10.7. The molecule has 0 aliphatic heterocycles. The van der Waals surface area contributed by atoms with E-state index in [1.54, 1.807) is 11.7 Å². The molecule has 0 bridgehead atoms. The predicted octanol–water partition coefficient (Wildman–Crippen LogP) is 1.65. The Labute approximate surface area is 89.9 Å². The topological polar surface area (TPSA) is 55.1 Å². The van der Waals surface area contributed by atoms with Gasteiger partial charge in [-0.25, -0.2) is 0 Å². The molecule has 0 saturated heterocycles. The van der Waals surface area contributed by atoms with E-state index in [2.05, 4.69) is 25.9 Å². The van der Waals surface area contributed by atoms with Gasteiger partial charge in [0.05, 0.1) is 17.8 Å². The number of aromatic nitrogens is 2. The lowest BCUT2D eigenvalue weighted by Gasteiger charge is -2.16. The van der Waals surface area contributed by atoms with Crippen LogP contribution in [0.2, 0.25) is 0 Å². The van der Waals surface area contributed by atoms with E-state index in [1.165, 1.54) is 0 Å². The van der Waals surface area contributed by atoms with Gasteiger partial charge in [0.2, 0.25) is 0 Å². The fourth-order valence-corrected chi connectivity index (χ4v) is 1.77. The summed E-state index contributed by atoms with van der Waals surface area (Å²) in [6.07, 6.45) is 0.0331. The quantitative estimate of drug-likeness (QED) is 0.807. The van der Waals surface area contributed by atoms with Crippen molar-refractivity contribution in [3.63, 3.8) is 0 Å². The molecule has 4 heteroatoms. The van der Waals surface area contributed by atoms with Crippen molar-refractivity contribution in [1.29, 1.82) is 0 Å². The lowest BCUT2D eigenvalue weighted by Crippen LogP contribution is -2.13. The van der Waals surface area contributed by atoms with E-state index in [4.69, 9.17) is 5.11 Å². The van der Waals surface area contributed by atoms with Gasteiger partial charge < -0.3 is 5.11 Å². The molecule has 1 aromatic rings. The molecule has 0 amide bonds. The molecule has 0 radical (unpaired) electrons. The first-order valence-corrected chi connectivity index (χ1v) is 4.98. The monoisotopic (exact) mass is 210 g/mol. The zero-order valence-electron chi connectivity index (χ0n) is 9.96. The second-order valence-corrected chi connectivity index (χ2v) is 4.86. The summed E-state index contributed by atoms with van der Waals surface area (Å²) in [4.78, 5) is 10.7. The SMILES string of the molecule is Cc1c(C(C)(C)C)nn(C)c1CC(=O)O. The zero-order chi connectivity index (χ0) is 11.8. The average Bonchev–Trinajstić information content (AvgIpc) is 2.30. The molecule has 15 heavy (non-hydrogen) atoms. The number of carboxylic acids is 1. The number of hydrogen-bond acceptors (Lipinski definition) is 2. The molecular formula is C11H18N2O2. The van der Waals surface area contributed by atoms with Crippen LogP contribution in [0.1, 0.15) is 37.7 Å². The summed E-state index contributed by atoms with van der Waals surface area (Å²) in [5.41, 5.74) is 2.71.